The molecule has 1 aromatic heterocycles. The van der Waals surface area contributed by atoms with Crippen molar-refractivity contribution in [1.82, 2.24) is 14.9 Å². The number of nitrogens with zero attached hydrogens (tertiary/aromatic N) is 2. The van der Waals surface area contributed by atoms with Crippen LogP contribution in [0.3, 0.4) is 0 Å². The van der Waals surface area contributed by atoms with E-state index < -0.39 is 5.25 Å². The number of hydrogen-bond acceptors (Lipinski definition) is 10. The molecule has 0 unspecified atom stereocenters. The maximum absolute atomic E-state index is 13.8. The van der Waals surface area contributed by atoms with E-state index in [1.165, 1.54) is 11.7 Å². The van der Waals surface area contributed by atoms with Crippen molar-refractivity contribution in [1.29, 1.82) is 0 Å². The summed E-state index contributed by atoms with van der Waals surface area (Å²) in [5, 5.41) is 5.89. The van der Waals surface area contributed by atoms with E-state index >= 15 is 0 Å². The van der Waals surface area contributed by atoms with Crippen molar-refractivity contribution < 1.29 is 33.3 Å². The van der Waals surface area contributed by atoms with Crippen LogP contribution in [0.15, 0.2) is 64.5 Å². The fourth-order valence-electron chi connectivity index (χ4n) is 4.97. The Kier molecular flexibility index (Phi) is 10.5. The van der Waals surface area contributed by atoms with Crippen molar-refractivity contribution >= 4 is 40.2 Å². The molecule has 46 heavy (non-hydrogen) atoms. The Hall–Kier alpha value is -4.91. The molecule has 5 rings (SSSR count). The van der Waals surface area contributed by atoms with Crippen LogP contribution in [0.5, 0.6) is 28.7 Å². The molecule has 2 heterocycles. The lowest BCUT2D eigenvalue weighted by molar-refractivity contribution is -0.121. The molecule has 2 amide bonds. The van der Waals surface area contributed by atoms with Crippen molar-refractivity contribution in [2.45, 2.75) is 43.1 Å². The molecule has 0 saturated carbocycles. The van der Waals surface area contributed by atoms with E-state index in [9.17, 15) is 14.4 Å². The Morgan fingerprint density at radius 1 is 0.978 bits per heavy atom. The van der Waals surface area contributed by atoms with Gasteiger partial charge in [0.2, 0.25) is 18.6 Å². The van der Waals surface area contributed by atoms with Crippen LogP contribution in [0.4, 0.5) is 5.69 Å². The zero-order valence-electron chi connectivity index (χ0n) is 26.1. The van der Waals surface area contributed by atoms with Gasteiger partial charge in [0, 0.05) is 25.6 Å². The Balaban J connectivity index is 1.34. The number of carbonyl (C=O) groups is 2. The van der Waals surface area contributed by atoms with E-state index in [4.69, 9.17) is 28.7 Å². The summed E-state index contributed by atoms with van der Waals surface area (Å²) in [4.78, 5) is 44.9. The molecule has 1 atom stereocenters. The number of rotatable bonds is 14. The molecule has 242 valence electrons. The lowest BCUT2D eigenvalue weighted by Gasteiger charge is -2.19. The number of benzene rings is 3. The van der Waals surface area contributed by atoms with E-state index in [0.717, 1.165) is 17.3 Å². The third kappa shape index (κ3) is 7.31. The van der Waals surface area contributed by atoms with Crippen molar-refractivity contribution in [3.8, 4) is 28.7 Å². The van der Waals surface area contributed by atoms with Crippen LogP contribution in [-0.4, -0.2) is 61.3 Å². The third-order valence-electron chi connectivity index (χ3n) is 7.44. The second-order valence-corrected chi connectivity index (χ2v) is 11.5. The molecule has 2 N–H and O–H groups in total. The Labute approximate surface area is 270 Å². The number of ether oxygens (including phenoxy) is 5. The number of hydrogen-bond donors (Lipinski definition) is 2. The van der Waals surface area contributed by atoms with Crippen molar-refractivity contribution in [2.24, 2.45) is 0 Å². The van der Waals surface area contributed by atoms with Crippen molar-refractivity contribution in [3.63, 3.8) is 0 Å². The normalized spacial score (nSPS) is 12.4. The molecule has 12 nitrogen and oxygen atoms in total. The van der Waals surface area contributed by atoms with Crippen molar-refractivity contribution in [2.75, 3.05) is 40.0 Å². The van der Waals surface area contributed by atoms with Gasteiger partial charge < -0.3 is 34.3 Å². The fourth-order valence-corrected chi connectivity index (χ4v) is 6.01. The highest BCUT2D eigenvalue weighted by atomic mass is 32.2. The molecule has 1 aliphatic rings. The standard InChI is InChI=1S/C33H36N4O8S/c1-5-29(31(39)35-22-8-6-7-9-24(22)41-2)46-33-36-23-18-28-27(44-19-45-28)17-21(23)32(40)37(33)15-13-30(38)34-14-12-20-10-11-25(42-3)26(16-20)43-4/h6-11,16-18,29H,5,12-15,19H2,1-4H3,(H,34,38)(H,35,39)/t29-/m1/s1. The maximum Gasteiger partial charge on any atom is 0.262 e. The SMILES string of the molecule is CC[C@@H](Sc1nc2cc3c(cc2c(=O)n1CCC(=O)NCCc1ccc(OC)c(OC)c1)OCO3)C(=O)Nc1ccccc1OC. The number of carbonyl (C=O) groups excluding carboxylic acids is 2. The second-order valence-electron chi connectivity index (χ2n) is 10.3. The molecule has 13 heteroatoms. The summed E-state index contributed by atoms with van der Waals surface area (Å²) in [6.07, 6.45) is 1.07. The molecule has 0 bridgehead atoms. The van der Waals surface area contributed by atoms with E-state index in [2.05, 4.69) is 10.6 Å². The van der Waals surface area contributed by atoms with Gasteiger partial charge in [0.1, 0.15) is 5.75 Å². The summed E-state index contributed by atoms with van der Waals surface area (Å²) in [6, 6.07) is 16.0. The van der Waals surface area contributed by atoms with Crippen LogP contribution in [-0.2, 0) is 22.6 Å². The minimum absolute atomic E-state index is 0.0291. The maximum atomic E-state index is 13.8. The van der Waals surface area contributed by atoms with E-state index in [1.54, 1.807) is 44.6 Å². The predicted molar refractivity (Wildman–Crippen MR) is 175 cm³/mol. The van der Waals surface area contributed by atoms with Crippen LogP contribution in [0.1, 0.15) is 25.3 Å². The van der Waals surface area contributed by atoms with Gasteiger partial charge in [-0.25, -0.2) is 4.98 Å². The largest absolute Gasteiger partial charge is 0.495 e. The Morgan fingerprint density at radius 3 is 2.46 bits per heavy atom. The minimum atomic E-state index is -0.593. The number of para-hydroxylation sites is 2. The monoisotopic (exact) mass is 648 g/mol. The van der Waals surface area contributed by atoms with Crippen LogP contribution < -0.4 is 39.9 Å². The number of thioether (sulfide) groups is 1. The molecular formula is C33H36N4O8S. The van der Waals surface area contributed by atoms with Gasteiger partial charge in [-0.3, -0.25) is 19.0 Å². The highest BCUT2D eigenvalue weighted by Crippen LogP contribution is 2.36. The highest BCUT2D eigenvalue weighted by Gasteiger charge is 2.25. The number of methoxy groups -OCH3 is 3. The summed E-state index contributed by atoms with van der Waals surface area (Å²) >= 11 is 1.16. The average molecular weight is 649 g/mol. The molecule has 0 spiro atoms. The van der Waals surface area contributed by atoms with E-state index in [-0.39, 0.29) is 37.1 Å². The van der Waals surface area contributed by atoms with Gasteiger partial charge in [-0.15, -0.1) is 0 Å². The van der Waals surface area contributed by atoms with Crippen molar-refractivity contribution in [3.05, 3.63) is 70.5 Å². The molecule has 0 saturated heterocycles. The van der Waals surface area contributed by atoms with E-state index in [1.807, 2.05) is 31.2 Å². The smallest absolute Gasteiger partial charge is 0.262 e. The number of nitrogens with one attached hydrogen (secondary N) is 2. The van der Waals surface area contributed by atoms with E-state index in [0.29, 0.717) is 69.9 Å². The zero-order valence-corrected chi connectivity index (χ0v) is 26.9. The second kappa shape index (κ2) is 14.9. The average Bonchev–Trinajstić information content (AvgIpc) is 3.53. The van der Waals surface area contributed by atoms with Crippen LogP contribution in [0, 0.1) is 0 Å². The van der Waals surface area contributed by atoms with Gasteiger partial charge in [-0.1, -0.05) is 36.9 Å². The third-order valence-corrected chi connectivity index (χ3v) is 8.79. The van der Waals surface area contributed by atoms with Gasteiger partial charge in [0.15, 0.2) is 28.2 Å². The summed E-state index contributed by atoms with van der Waals surface area (Å²) in [5.41, 5.74) is 1.58. The highest BCUT2D eigenvalue weighted by molar-refractivity contribution is 8.00. The number of aromatic nitrogens is 2. The predicted octanol–water partition coefficient (Wildman–Crippen LogP) is 4.41. The first-order valence-corrected chi connectivity index (χ1v) is 15.6. The minimum Gasteiger partial charge on any atom is -0.495 e. The van der Waals surface area contributed by atoms with Gasteiger partial charge >= 0.3 is 0 Å². The lowest BCUT2D eigenvalue weighted by Crippen LogP contribution is -2.31. The molecular weight excluding hydrogens is 612 g/mol. The summed E-state index contributed by atoms with van der Waals surface area (Å²) < 4.78 is 28.4. The van der Waals surface area contributed by atoms with Gasteiger partial charge in [0.05, 0.1) is 43.2 Å². The quantitative estimate of drug-likeness (QED) is 0.149. The van der Waals surface area contributed by atoms with Crippen LogP contribution in [0.2, 0.25) is 0 Å². The number of amides is 2. The number of anilines is 1. The van der Waals surface area contributed by atoms with Crippen LogP contribution in [0.25, 0.3) is 10.9 Å². The first kappa shape index (κ1) is 32.5. The van der Waals surface area contributed by atoms with Gasteiger partial charge in [0.25, 0.3) is 5.56 Å². The molecule has 0 aliphatic carbocycles. The van der Waals surface area contributed by atoms with Gasteiger partial charge in [-0.2, -0.15) is 0 Å². The molecule has 1 aliphatic heterocycles. The first-order valence-electron chi connectivity index (χ1n) is 14.8. The summed E-state index contributed by atoms with van der Waals surface area (Å²) in [6.45, 7) is 2.38. The van der Waals surface area contributed by atoms with Gasteiger partial charge in [-0.05, 0) is 48.7 Å². The Morgan fingerprint density at radius 2 is 1.72 bits per heavy atom. The molecule has 3 aromatic carbocycles. The molecule has 0 fully saturated rings. The first-order chi connectivity index (χ1) is 22.3. The topological polar surface area (TPSA) is 139 Å². The zero-order chi connectivity index (χ0) is 32.6. The lowest BCUT2D eigenvalue weighted by atomic mass is 10.1. The molecule has 0 radical (unpaired) electrons. The number of fused-ring (bicyclic) bond motifs is 2. The Bertz CT molecular complexity index is 1790. The molecule has 4 aromatic rings. The summed E-state index contributed by atoms with van der Waals surface area (Å²) in [7, 11) is 4.68. The fraction of sp³-hybridized carbons (Fsp3) is 0.333. The summed E-state index contributed by atoms with van der Waals surface area (Å²) in [5.74, 6) is 2.22. The van der Waals surface area contributed by atoms with Crippen LogP contribution >= 0.6 is 11.8 Å².